The first kappa shape index (κ1) is 13.8. The molecule has 3 rings (SSSR count). The first-order valence-electron chi connectivity index (χ1n) is 7.09. The Kier molecular flexibility index (Phi) is 3.44. The van der Waals surface area contributed by atoms with Gasteiger partial charge < -0.3 is 4.90 Å². The second kappa shape index (κ2) is 4.99. The maximum absolute atomic E-state index is 12.5. The molecule has 2 aliphatic rings. The summed E-state index contributed by atoms with van der Waals surface area (Å²) < 4.78 is 1.04. The van der Waals surface area contributed by atoms with E-state index in [4.69, 9.17) is 0 Å². The van der Waals surface area contributed by atoms with Gasteiger partial charge in [0.2, 0.25) is 0 Å². The van der Waals surface area contributed by atoms with Gasteiger partial charge in [-0.15, -0.1) is 0 Å². The summed E-state index contributed by atoms with van der Waals surface area (Å²) >= 11 is 3.43. The van der Waals surface area contributed by atoms with Crippen molar-refractivity contribution in [3.8, 4) is 0 Å². The molecule has 1 aromatic rings. The average molecular weight is 336 g/mol. The van der Waals surface area contributed by atoms with Crippen LogP contribution in [-0.2, 0) is 9.59 Å². The summed E-state index contributed by atoms with van der Waals surface area (Å²) in [5.41, 5.74) is 0.340. The van der Waals surface area contributed by atoms with Gasteiger partial charge in [0.1, 0.15) is 11.2 Å². The van der Waals surface area contributed by atoms with E-state index >= 15 is 0 Å². The third-order valence-corrected chi connectivity index (χ3v) is 5.29. The molecule has 2 atom stereocenters. The molecule has 1 saturated carbocycles. The van der Waals surface area contributed by atoms with Crippen molar-refractivity contribution in [2.24, 2.45) is 11.3 Å². The van der Waals surface area contributed by atoms with Crippen molar-refractivity contribution >= 4 is 33.2 Å². The molecule has 1 saturated heterocycles. The number of hydrogen-bond acceptors (Lipinski definition) is 3. The molecule has 2 unspecified atom stereocenters. The van der Waals surface area contributed by atoms with E-state index in [0.29, 0.717) is 13.0 Å². The van der Waals surface area contributed by atoms with Crippen LogP contribution in [0.1, 0.15) is 26.2 Å². The van der Waals surface area contributed by atoms with Gasteiger partial charge in [0.25, 0.3) is 0 Å². The Morgan fingerprint density at radius 3 is 2.70 bits per heavy atom. The topological polar surface area (TPSA) is 37.4 Å². The van der Waals surface area contributed by atoms with Crippen LogP contribution in [0.25, 0.3) is 0 Å². The predicted molar refractivity (Wildman–Crippen MR) is 81.8 cm³/mol. The Morgan fingerprint density at radius 2 is 2.05 bits per heavy atom. The predicted octanol–water partition coefficient (Wildman–Crippen LogP) is 3.21. The SMILES string of the molecule is CC(=O)C12CCCC(CN(c3ccc(Br)cc3)C1)C2=O. The van der Waals surface area contributed by atoms with E-state index in [-0.39, 0.29) is 17.5 Å². The number of nitrogens with zero attached hydrogens (tertiary/aromatic N) is 1. The summed E-state index contributed by atoms with van der Waals surface area (Å²) in [5.74, 6) is 0.240. The lowest BCUT2D eigenvalue weighted by Crippen LogP contribution is -2.59. The number of fused-ring (bicyclic) bond motifs is 2. The summed E-state index contributed by atoms with van der Waals surface area (Å²) in [6.07, 6.45) is 2.62. The molecule has 0 radical (unpaired) electrons. The van der Waals surface area contributed by atoms with Crippen molar-refractivity contribution in [1.29, 1.82) is 0 Å². The van der Waals surface area contributed by atoms with Gasteiger partial charge in [-0.25, -0.2) is 0 Å². The van der Waals surface area contributed by atoms with E-state index in [2.05, 4.69) is 20.8 Å². The molecule has 4 heteroatoms. The van der Waals surface area contributed by atoms with Gasteiger partial charge in [0.15, 0.2) is 5.78 Å². The van der Waals surface area contributed by atoms with Crippen molar-refractivity contribution < 1.29 is 9.59 Å². The van der Waals surface area contributed by atoms with Crippen molar-refractivity contribution in [2.75, 3.05) is 18.0 Å². The van der Waals surface area contributed by atoms with Crippen LogP contribution in [0.4, 0.5) is 5.69 Å². The Bertz CT molecular complexity index is 554. The van der Waals surface area contributed by atoms with Gasteiger partial charge in [-0.1, -0.05) is 22.4 Å². The lowest BCUT2D eigenvalue weighted by atomic mass is 9.63. The Balaban J connectivity index is 1.95. The van der Waals surface area contributed by atoms with Crippen molar-refractivity contribution in [3.05, 3.63) is 28.7 Å². The third kappa shape index (κ3) is 2.10. The molecule has 1 aliphatic heterocycles. The normalized spacial score (nSPS) is 29.4. The summed E-state index contributed by atoms with van der Waals surface area (Å²) in [6, 6.07) is 8.09. The first-order valence-corrected chi connectivity index (χ1v) is 7.88. The van der Waals surface area contributed by atoms with E-state index in [0.717, 1.165) is 29.5 Å². The summed E-state index contributed by atoms with van der Waals surface area (Å²) in [4.78, 5) is 26.9. The van der Waals surface area contributed by atoms with E-state index < -0.39 is 5.41 Å². The minimum Gasteiger partial charge on any atom is -0.369 e. The number of Topliss-reactive ketones (excluding diaryl/α,β-unsaturated/α-hetero) is 2. The molecule has 106 valence electrons. The average Bonchev–Trinajstić information content (AvgIpc) is 2.39. The highest BCUT2D eigenvalue weighted by Gasteiger charge is 2.52. The third-order valence-electron chi connectivity index (χ3n) is 4.77. The number of rotatable bonds is 2. The fraction of sp³-hybridized carbons (Fsp3) is 0.500. The van der Waals surface area contributed by atoms with Gasteiger partial charge in [-0.2, -0.15) is 0 Å². The molecule has 0 N–H and O–H groups in total. The van der Waals surface area contributed by atoms with Crippen LogP contribution in [0, 0.1) is 11.3 Å². The number of ketones is 2. The number of carbonyl (C=O) groups is 2. The zero-order chi connectivity index (χ0) is 14.3. The second-order valence-corrected chi connectivity index (χ2v) is 6.86. The lowest BCUT2D eigenvalue weighted by molar-refractivity contribution is -0.146. The second-order valence-electron chi connectivity index (χ2n) is 5.95. The van der Waals surface area contributed by atoms with Gasteiger partial charge in [0.05, 0.1) is 0 Å². The fourth-order valence-electron chi connectivity index (χ4n) is 3.59. The largest absolute Gasteiger partial charge is 0.369 e. The van der Waals surface area contributed by atoms with Crippen LogP contribution in [-0.4, -0.2) is 24.7 Å². The van der Waals surface area contributed by atoms with Gasteiger partial charge >= 0.3 is 0 Å². The lowest BCUT2D eigenvalue weighted by Gasteiger charge is -2.47. The van der Waals surface area contributed by atoms with Crippen molar-refractivity contribution in [2.45, 2.75) is 26.2 Å². The van der Waals surface area contributed by atoms with Crippen molar-refractivity contribution in [3.63, 3.8) is 0 Å². The van der Waals surface area contributed by atoms with Crippen LogP contribution < -0.4 is 4.90 Å². The quantitative estimate of drug-likeness (QED) is 0.779. The molecule has 2 fully saturated rings. The Labute approximate surface area is 127 Å². The zero-order valence-electron chi connectivity index (χ0n) is 11.6. The molecule has 1 aromatic carbocycles. The summed E-state index contributed by atoms with van der Waals surface area (Å²) in [6.45, 7) is 2.86. The van der Waals surface area contributed by atoms with Crippen LogP contribution in [0.5, 0.6) is 0 Å². The fourth-order valence-corrected chi connectivity index (χ4v) is 3.86. The minimum absolute atomic E-state index is 0.0186. The highest BCUT2D eigenvalue weighted by atomic mass is 79.9. The van der Waals surface area contributed by atoms with E-state index in [9.17, 15) is 9.59 Å². The van der Waals surface area contributed by atoms with E-state index in [1.807, 2.05) is 24.3 Å². The number of benzene rings is 1. The molecular weight excluding hydrogens is 318 g/mol. The molecular formula is C16H18BrNO2. The molecule has 0 amide bonds. The zero-order valence-corrected chi connectivity index (χ0v) is 13.1. The van der Waals surface area contributed by atoms with Crippen LogP contribution in [0.2, 0.25) is 0 Å². The summed E-state index contributed by atoms with van der Waals surface area (Å²) in [5, 5.41) is 0. The number of anilines is 1. The molecule has 0 spiro atoms. The Morgan fingerprint density at radius 1 is 1.35 bits per heavy atom. The molecule has 3 nitrogen and oxygen atoms in total. The van der Waals surface area contributed by atoms with E-state index in [1.165, 1.54) is 0 Å². The van der Waals surface area contributed by atoms with Crippen LogP contribution in [0.3, 0.4) is 0 Å². The number of hydrogen-bond donors (Lipinski definition) is 0. The molecule has 1 aliphatic carbocycles. The smallest absolute Gasteiger partial charge is 0.153 e. The van der Waals surface area contributed by atoms with Crippen LogP contribution >= 0.6 is 15.9 Å². The van der Waals surface area contributed by atoms with Gasteiger partial charge in [-0.3, -0.25) is 9.59 Å². The summed E-state index contributed by atoms with van der Waals surface area (Å²) in [7, 11) is 0. The maximum Gasteiger partial charge on any atom is 0.153 e. The number of carbonyl (C=O) groups excluding carboxylic acids is 2. The molecule has 2 bridgehead atoms. The van der Waals surface area contributed by atoms with E-state index in [1.54, 1.807) is 6.92 Å². The number of halogens is 1. The van der Waals surface area contributed by atoms with Gasteiger partial charge in [0, 0.05) is 29.2 Å². The standard InChI is InChI=1S/C16H18BrNO2/c1-11(19)16-8-2-3-12(15(16)20)9-18(10-16)14-6-4-13(17)5-7-14/h4-7,12H,2-3,8-10H2,1H3. The highest BCUT2D eigenvalue weighted by molar-refractivity contribution is 9.10. The van der Waals surface area contributed by atoms with Crippen molar-refractivity contribution in [1.82, 2.24) is 0 Å². The first-order chi connectivity index (χ1) is 9.53. The highest BCUT2D eigenvalue weighted by Crippen LogP contribution is 2.43. The minimum atomic E-state index is -0.756. The number of piperidine rings is 1. The molecule has 0 aromatic heterocycles. The van der Waals surface area contributed by atoms with Gasteiger partial charge in [-0.05, 0) is 44.0 Å². The molecule has 1 heterocycles. The maximum atomic E-state index is 12.5. The Hall–Kier alpha value is -1.16. The van der Waals surface area contributed by atoms with Crippen LogP contribution in [0.15, 0.2) is 28.7 Å². The molecule has 20 heavy (non-hydrogen) atoms. The monoisotopic (exact) mass is 335 g/mol.